The van der Waals surface area contributed by atoms with Crippen LogP contribution in [0.25, 0.3) is 0 Å². The summed E-state index contributed by atoms with van der Waals surface area (Å²) in [5.41, 5.74) is 5.84. The van der Waals surface area contributed by atoms with Crippen molar-refractivity contribution in [2.24, 2.45) is 5.73 Å². The third-order valence-corrected chi connectivity index (χ3v) is 4.33. The minimum atomic E-state index is 0.401. The zero-order valence-corrected chi connectivity index (χ0v) is 10.6. The third kappa shape index (κ3) is 2.40. The molecule has 3 unspecified atom stereocenters. The van der Waals surface area contributed by atoms with E-state index in [1.54, 1.807) is 7.11 Å². The minimum absolute atomic E-state index is 0.401. The lowest BCUT2D eigenvalue weighted by Crippen LogP contribution is -2.47. The summed E-state index contributed by atoms with van der Waals surface area (Å²) in [5, 5.41) is 0. The topological polar surface area (TPSA) is 41.7 Å². The van der Waals surface area contributed by atoms with Crippen LogP contribution in [-0.4, -0.2) is 68.3 Å². The maximum absolute atomic E-state index is 5.84. The molecule has 0 radical (unpaired) electrons. The molecule has 2 aliphatic heterocycles. The monoisotopic (exact) mass is 227 g/mol. The summed E-state index contributed by atoms with van der Waals surface area (Å²) < 4.78 is 5.26. The van der Waals surface area contributed by atoms with Crippen LogP contribution in [0.3, 0.4) is 0 Å². The molecule has 2 bridgehead atoms. The Labute approximate surface area is 98.7 Å². The molecular formula is C12H25N3O. The molecule has 2 aliphatic rings. The summed E-state index contributed by atoms with van der Waals surface area (Å²) in [5.74, 6) is 0. The van der Waals surface area contributed by atoms with E-state index in [1.807, 2.05) is 0 Å². The van der Waals surface area contributed by atoms with Gasteiger partial charge >= 0.3 is 0 Å². The van der Waals surface area contributed by atoms with Gasteiger partial charge in [0.2, 0.25) is 0 Å². The lowest BCUT2D eigenvalue weighted by molar-refractivity contribution is 0.0873. The Morgan fingerprint density at radius 2 is 2.06 bits per heavy atom. The second kappa shape index (κ2) is 5.45. The van der Waals surface area contributed by atoms with E-state index in [2.05, 4.69) is 16.8 Å². The summed E-state index contributed by atoms with van der Waals surface area (Å²) in [6, 6.07) is 1.94. The van der Waals surface area contributed by atoms with E-state index in [0.717, 1.165) is 25.2 Å². The standard InChI is InChI=1S/C12H25N3O/c1-14-10-3-4-11(14)8-15(6-5-10)12(7-13)9-16-2/h10-12H,3-9,13H2,1-2H3. The zero-order chi connectivity index (χ0) is 11.5. The lowest BCUT2D eigenvalue weighted by Gasteiger charge is -2.32. The molecular weight excluding hydrogens is 202 g/mol. The van der Waals surface area contributed by atoms with Gasteiger partial charge in [0.05, 0.1) is 6.61 Å². The number of hydrogen-bond acceptors (Lipinski definition) is 4. The quantitative estimate of drug-likeness (QED) is 0.741. The van der Waals surface area contributed by atoms with Gasteiger partial charge in [0.15, 0.2) is 0 Å². The van der Waals surface area contributed by atoms with Gasteiger partial charge in [-0.3, -0.25) is 9.80 Å². The largest absolute Gasteiger partial charge is 0.383 e. The summed E-state index contributed by atoms with van der Waals surface area (Å²) in [7, 11) is 4.04. The number of ether oxygens (including phenoxy) is 1. The van der Waals surface area contributed by atoms with Crippen LogP contribution in [0, 0.1) is 0 Å². The molecule has 0 spiro atoms. The molecule has 94 valence electrons. The van der Waals surface area contributed by atoms with E-state index >= 15 is 0 Å². The highest BCUT2D eigenvalue weighted by Gasteiger charge is 2.36. The molecule has 2 saturated heterocycles. The summed E-state index contributed by atoms with van der Waals surface area (Å²) in [4.78, 5) is 5.10. The minimum Gasteiger partial charge on any atom is -0.383 e. The number of hydrogen-bond donors (Lipinski definition) is 1. The average Bonchev–Trinajstić information content (AvgIpc) is 2.51. The van der Waals surface area contributed by atoms with Crippen molar-refractivity contribution in [3.8, 4) is 0 Å². The van der Waals surface area contributed by atoms with Gasteiger partial charge in [0.25, 0.3) is 0 Å². The molecule has 2 rings (SSSR count). The predicted octanol–water partition coefficient (Wildman–Crippen LogP) is 0.129. The lowest BCUT2D eigenvalue weighted by atomic mass is 10.1. The molecule has 4 heteroatoms. The van der Waals surface area contributed by atoms with Crippen LogP contribution in [0.4, 0.5) is 0 Å². The third-order valence-electron chi connectivity index (χ3n) is 4.33. The van der Waals surface area contributed by atoms with Crippen molar-refractivity contribution >= 4 is 0 Å². The first-order chi connectivity index (χ1) is 7.76. The maximum atomic E-state index is 5.84. The van der Waals surface area contributed by atoms with Gasteiger partial charge in [-0.2, -0.15) is 0 Å². The van der Waals surface area contributed by atoms with Gasteiger partial charge < -0.3 is 10.5 Å². The number of methoxy groups -OCH3 is 1. The Kier molecular flexibility index (Phi) is 4.19. The van der Waals surface area contributed by atoms with Gasteiger partial charge in [-0.15, -0.1) is 0 Å². The van der Waals surface area contributed by atoms with Crippen LogP contribution in [0.1, 0.15) is 19.3 Å². The van der Waals surface area contributed by atoms with E-state index < -0.39 is 0 Å². The normalized spacial score (nSPS) is 33.9. The second-order valence-corrected chi connectivity index (χ2v) is 5.18. The Bertz CT molecular complexity index is 224. The number of fused-ring (bicyclic) bond motifs is 2. The van der Waals surface area contributed by atoms with Gasteiger partial charge in [-0.1, -0.05) is 0 Å². The number of nitrogens with two attached hydrogens (primary N) is 1. The molecule has 0 aromatic carbocycles. The molecule has 0 aromatic rings. The Morgan fingerprint density at radius 1 is 1.31 bits per heavy atom. The van der Waals surface area contributed by atoms with Gasteiger partial charge in [0.1, 0.15) is 0 Å². The number of rotatable bonds is 4. The molecule has 0 amide bonds. The van der Waals surface area contributed by atoms with Crippen LogP contribution >= 0.6 is 0 Å². The van der Waals surface area contributed by atoms with Crippen molar-refractivity contribution in [3.05, 3.63) is 0 Å². The van der Waals surface area contributed by atoms with Gasteiger partial charge in [0, 0.05) is 44.9 Å². The van der Waals surface area contributed by atoms with Crippen LogP contribution in [-0.2, 0) is 4.74 Å². The Morgan fingerprint density at radius 3 is 2.75 bits per heavy atom. The van der Waals surface area contributed by atoms with Crippen molar-refractivity contribution in [1.82, 2.24) is 9.80 Å². The predicted molar refractivity (Wildman–Crippen MR) is 65.5 cm³/mol. The van der Waals surface area contributed by atoms with E-state index in [9.17, 15) is 0 Å². The number of nitrogens with zero attached hydrogens (tertiary/aromatic N) is 2. The molecule has 0 saturated carbocycles. The smallest absolute Gasteiger partial charge is 0.0630 e. The number of likely N-dealkylation sites (tertiary alicyclic amines) is 1. The Hall–Kier alpha value is -0.160. The fraction of sp³-hybridized carbons (Fsp3) is 1.00. The van der Waals surface area contributed by atoms with Gasteiger partial charge in [-0.25, -0.2) is 0 Å². The van der Waals surface area contributed by atoms with Crippen LogP contribution in [0.2, 0.25) is 0 Å². The first kappa shape index (κ1) is 12.3. The molecule has 2 N–H and O–H groups in total. The first-order valence-electron chi connectivity index (χ1n) is 6.41. The highest BCUT2D eigenvalue weighted by Crippen LogP contribution is 2.29. The zero-order valence-electron chi connectivity index (χ0n) is 10.6. The average molecular weight is 227 g/mol. The van der Waals surface area contributed by atoms with E-state index in [4.69, 9.17) is 10.5 Å². The van der Waals surface area contributed by atoms with Crippen molar-refractivity contribution < 1.29 is 4.74 Å². The first-order valence-corrected chi connectivity index (χ1v) is 6.41. The molecule has 3 atom stereocenters. The summed E-state index contributed by atoms with van der Waals surface area (Å²) in [6.45, 7) is 3.81. The number of likely N-dealkylation sites (N-methyl/N-ethyl adjacent to an activating group) is 1. The highest BCUT2D eigenvalue weighted by molar-refractivity contribution is 4.92. The summed E-state index contributed by atoms with van der Waals surface area (Å²) >= 11 is 0. The van der Waals surface area contributed by atoms with Crippen molar-refractivity contribution in [1.29, 1.82) is 0 Å². The van der Waals surface area contributed by atoms with Crippen LogP contribution in [0.5, 0.6) is 0 Å². The molecule has 16 heavy (non-hydrogen) atoms. The van der Waals surface area contributed by atoms with E-state index in [-0.39, 0.29) is 0 Å². The SMILES string of the molecule is COCC(CN)N1CCC2CCC(C1)N2C. The molecule has 2 fully saturated rings. The Balaban J connectivity index is 1.96. The summed E-state index contributed by atoms with van der Waals surface area (Å²) in [6.07, 6.45) is 4.02. The van der Waals surface area contributed by atoms with Crippen molar-refractivity contribution in [3.63, 3.8) is 0 Å². The second-order valence-electron chi connectivity index (χ2n) is 5.18. The molecule has 0 aliphatic carbocycles. The molecule has 4 nitrogen and oxygen atoms in total. The van der Waals surface area contributed by atoms with Crippen LogP contribution in [0.15, 0.2) is 0 Å². The van der Waals surface area contributed by atoms with Crippen molar-refractivity contribution in [2.75, 3.05) is 40.4 Å². The fourth-order valence-electron chi connectivity index (χ4n) is 3.18. The molecule has 0 aromatic heterocycles. The highest BCUT2D eigenvalue weighted by atomic mass is 16.5. The van der Waals surface area contributed by atoms with E-state index in [1.165, 1.54) is 25.8 Å². The maximum Gasteiger partial charge on any atom is 0.0630 e. The van der Waals surface area contributed by atoms with Gasteiger partial charge in [-0.05, 0) is 26.3 Å². The molecule has 2 heterocycles. The fourth-order valence-corrected chi connectivity index (χ4v) is 3.18. The van der Waals surface area contributed by atoms with E-state index in [0.29, 0.717) is 12.6 Å². The van der Waals surface area contributed by atoms with Crippen LogP contribution < -0.4 is 5.73 Å². The van der Waals surface area contributed by atoms with Crippen molar-refractivity contribution in [2.45, 2.75) is 37.4 Å².